The highest BCUT2D eigenvalue weighted by molar-refractivity contribution is 7.09. The van der Waals surface area contributed by atoms with Crippen LogP contribution in [0, 0.1) is 10.1 Å². The molecule has 11 heteroatoms. The minimum absolute atomic E-state index is 0.0631. The first-order valence-corrected chi connectivity index (χ1v) is 8.11. The van der Waals surface area contributed by atoms with Gasteiger partial charge in [-0.1, -0.05) is 0 Å². The van der Waals surface area contributed by atoms with Crippen LogP contribution >= 0.6 is 11.3 Å². The number of ether oxygens (including phenoxy) is 2. The third kappa shape index (κ3) is 4.25. The van der Waals surface area contributed by atoms with Gasteiger partial charge in [0.2, 0.25) is 0 Å². The summed E-state index contributed by atoms with van der Waals surface area (Å²) in [5.74, 6) is -1.46. The van der Waals surface area contributed by atoms with Crippen molar-refractivity contribution < 1.29 is 29.1 Å². The predicted molar refractivity (Wildman–Crippen MR) is 91.3 cm³/mol. The standard InChI is InChI=1S/C15H15N3O7S/c1-24-11-5-8(10(18(22)23)6-12(11)25-2)14(19)16-4-3-13-17-9(7-26-13)15(20)21/h5-7H,3-4H2,1-2H3,(H,16,19)(H,20,21). The Morgan fingerprint density at radius 1 is 1.31 bits per heavy atom. The van der Waals surface area contributed by atoms with Gasteiger partial charge in [-0.15, -0.1) is 11.3 Å². The van der Waals surface area contributed by atoms with E-state index in [-0.39, 0.29) is 29.3 Å². The molecular formula is C15H15N3O7S. The molecule has 2 aromatic rings. The van der Waals surface area contributed by atoms with Gasteiger partial charge in [-0.2, -0.15) is 0 Å². The Balaban J connectivity index is 2.12. The SMILES string of the molecule is COc1cc(C(=O)NCCc2nc(C(=O)O)cs2)c([N+](=O)[O-])cc1OC. The van der Waals surface area contributed by atoms with Gasteiger partial charge in [0.15, 0.2) is 17.2 Å². The first-order chi connectivity index (χ1) is 12.4. The van der Waals surface area contributed by atoms with Crippen molar-refractivity contribution in [3.05, 3.63) is 43.9 Å². The molecule has 10 nitrogen and oxygen atoms in total. The lowest BCUT2D eigenvalue weighted by Crippen LogP contribution is -2.26. The molecule has 0 spiro atoms. The number of hydrogen-bond donors (Lipinski definition) is 2. The van der Waals surface area contributed by atoms with Gasteiger partial charge in [-0.05, 0) is 0 Å². The fraction of sp³-hybridized carbons (Fsp3) is 0.267. The van der Waals surface area contributed by atoms with Crippen molar-refractivity contribution in [2.24, 2.45) is 0 Å². The van der Waals surface area contributed by atoms with E-state index in [4.69, 9.17) is 14.6 Å². The number of nitrogens with one attached hydrogen (secondary N) is 1. The molecular weight excluding hydrogens is 366 g/mol. The molecule has 0 saturated heterocycles. The summed E-state index contributed by atoms with van der Waals surface area (Å²) in [7, 11) is 2.69. The Morgan fingerprint density at radius 2 is 1.96 bits per heavy atom. The van der Waals surface area contributed by atoms with E-state index >= 15 is 0 Å². The number of hydrogen-bond acceptors (Lipinski definition) is 8. The summed E-state index contributed by atoms with van der Waals surface area (Å²) in [5.41, 5.74) is -0.646. The van der Waals surface area contributed by atoms with Crippen LogP contribution in [0.2, 0.25) is 0 Å². The Hall–Kier alpha value is -3.21. The van der Waals surface area contributed by atoms with Gasteiger partial charge in [0.05, 0.1) is 30.2 Å². The third-order valence-corrected chi connectivity index (χ3v) is 4.25. The van der Waals surface area contributed by atoms with Gasteiger partial charge in [-0.3, -0.25) is 14.9 Å². The van der Waals surface area contributed by atoms with Crippen LogP contribution in [0.1, 0.15) is 25.9 Å². The highest BCUT2D eigenvalue weighted by Crippen LogP contribution is 2.34. The molecule has 1 aromatic heterocycles. The maximum atomic E-state index is 12.3. The van der Waals surface area contributed by atoms with Crippen LogP contribution < -0.4 is 14.8 Å². The maximum absolute atomic E-state index is 12.3. The summed E-state index contributed by atoms with van der Waals surface area (Å²) in [6, 6.07) is 2.35. The van der Waals surface area contributed by atoms with E-state index in [2.05, 4.69) is 10.3 Å². The Morgan fingerprint density at radius 3 is 2.50 bits per heavy atom. The highest BCUT2D eigenvalue weighted by Gasteiger charge is 2.24. The van der Waals surface area contributed by atoms with Gasteiger partial charge in [-0.25, -0.2) is 9.78 Å². The second-order valence-electron chi connectivity index (χ2n) is 4.92. The number of rotatable bonds is 8. The van der Waals surface area contributed by atoms with Crippen molar-refractivity contribution in [2.45, 2.75) is 6.42 Å². The molecule has 0 aliphatic rings. The Labute approximate surface area is 151 Å². The molecule has 1 heterocycles. The fourth-order valence-electron chi connectivity index (χ4n) is 2.10. The minimum Gasteiger partial charge on any atom is -0.493 e. The molecule has 0 atom stereocenters. The van der Waals surface area contributed by atoms with Gasteiger partial charge in [0, 0.05) is 24.4 Å². The van der Waals surface area contributed by atoms with Crippen molar-refractivity contribution in [2.75, 3.05) is 20.8 Å². The first-order valence-electron chi connectivity index (χ1n) is 7.23. The number of methoxy groups -OCH3 is 2. The first kappa shape index (κ1) is 19.1. The van der Waals surface area contributed by atoms with Crippen LogP contribution in [0.4, 0.5) is 5.69 Å². The van der Waals surface area contributed by atoms with Crippen molar-refractivity contribution in [1.82, 2.24) is 10.3 Å². The predicted octanol–water partition coefficient (Wildman–Crippen LogP) is 1.74. The monoisotopic (exact) mass is 381 g/mol. The molecule has 1 amide bonds. The van der Waals surface area contributed by atoms with Crippen LogP contribution in [0.3, 0.4) is 0 Å². The van der Waals surface area contributed by atoms with Gasteiger partial charge >= 0.3 is 5.97 Å². The lowest BCUT2D eigenvalue weighted by molar-refractivity contribution is -0.385. The Bertz CT molecular complexity index is 850. The number of carbonyl (C=O) groups excluding carboxylic acids is 1. The zero-order valence-corrected chi connectivity index (χ0v) is 14.7. The summed E-state index contributed by atoms with van der Waals surface area (Å²) >= 11 is 1.16. The van der Waals surface area contributed by atoms with E-state index < -0.39 is 22.5 Å². The van der Waals surface area contributed by atoms with Crippen LogP contribution in [-0.2, 0) is 6.42 Å². The fourth-order valence-corrected chi connectivity index (χ4v) is 2.88. The molecule has 0 unspecified atom stereocenters. The third-order valence-electron chi connectivity index (χ3n) is 3.34. The molecule has 26 heavy (non-hydrogen) atoms. The average Bonchev–Trinajstić information content (AvgIpc) is 3.09. The molecule has 0 aliphatic heterocycles. The summed E-state index contributed by atoms with van der Waals surface area (Å²) in [5, 5.41) is 24.5. The number of carboxylic acids is 1. The summed E-state index contributed by atoms with van der Waals surface area (Å²) in [4.78, 5) is 37.5. The van der Waals surface area contributed by atoms with Crippen LogP contribution in [0.25, 0.3) is 0 Å². The molecule has 2 rings (SSSR count). The van der Waals surface area contributed by atoms with E-state index in [9.17, 15) is 19.7 Å². The number of thiazole rings is 1. The molecule has 0 saturated carbocycles. The number of aromatic carboxylic acids is 1. The summed E-state index contributed by atoms with van der Waals surface area (Å²) < 4.78 is 10.1. The zero-order valence-electron chi connectivity index (χ0n) is 13.8. The average molecular weight is 381 g/mol. The van der Waals surface area contributed by atoms with E-state index in [1.54, 1.807) is 0 Å². The second-order valence-corrected chi connectivity index (χ2v) is 5.86. The number of aromatic nitrogens is 1. The van der Waals surface area contributed by atoms with Crippen LogP contribution in [0.5, 0.6) is 11.5 Å². The van der Waals surface area contributed by atoms with Gasteiger partial charge < -0.3 is 19.9 Å². The summed E-state index contributed by atoms with van der Waals surface area (Å²) in [6.07, 6.45) is 0.296. The lowest BCUT2D eigenvalue weighted by Gasteiger charge is -2.10. The number of carboxylic acid groups (broad SMARTS) is 1. The number of amides is 1. The number of benzene rings is 1. The van der Waals surface area contributed by atoms with E-state index in [1.807, 2.05) is 0 Å². The molecule has 1 aromatic carbocycles. The number of nitrogens with zero attached hydrogens (tertiary/aromatic N) is 2. The van der Waals surface area contributed by atoms with Crippen molar-refractivity contribution in [3.63, 3.8) is 0 Å². The molecule has 138 valence electrons. The van der Waals surface area contributed by atoms with E-state index in [0.717, 1.165) is 17.4 Å². The number of nitro groups is 1. The topological polar surface area (TPSA) is 141 Å². The normalized spacial score (nSPS) is 10.2. The molecule has 0 bridgehead atoms. The van der Waals surface area contributed by atoms with Gasteiger partial charge in [0.1, 0.15) is 5.56 Å². The van der Waals surface area contributed by atoms with E-state index in [1.165, 1.54) is 25.7 Å². The Kier molecular flexibility index (Phi) is 6.07. The maximum Gasteiger partial charge on any atom is 0.355 e. The number of nitro benzene ring substituents is 1. The molecule has 0 radical (unpaired) electrons. The second kappa shape index (κ2) is 8.25. The van der Waals surface area contributed by atoms with Crippen molar-refractivity contribution in [1.29, 1.82) is 0 Å². The van der Waals surface area contributed by atoms with Crippen molar-refractivity contribution >= 4 is 28.9 Å². The largest absolute Gasteiger partial charge is 0.493 e. The molecule has 0 fully saturated rings. The van der Waals surface area contributed by atoms with Crippen molar-refractivity contribution in [3.8, 4) is 11.5 Å². The molecule has 0 aliphatic carbocycles. The lowest BCUT2D eigenvalue weighted by atomic mass is 10.1. The zero-order chi connectivity index (χ0) is 19.3. The smallest absolute Gasteiger partial charge is 0.355 e. The van der Waals surface area contributed by atoms with Gasteiger partial charge in [0.25, 0.3) is 11.6 Å². The van der Waals surface area contributed by atoms with Crippen LogP contribution in [-0.4, -0.2) is 47.7 Å². The van der Waals surface area contributed by atoms with Crippen LogP contribution in [0.15, 0.2) is 17.5 Å². The quantitative estimate of drug-likeness (QED) is 0.520. The van der Waals surface area contributed by atoms with E-state index in [0.29, 0.717) is 11.4 Å². The highest BCUT2D eigenvalue weighted by atomic mass is 32.1. The minimum atomic E-state index is -1.13. The molecule has 2 N–H and O–H groups in total. The summed E-state index contributed by atoms with van der Waals surface area (Å²) in [6.45, 7) is 0.136. The number of carbonyl (C=O) groups is 2.